The highest BCUT2D eigenvalue weighted by Crippen LogP contribution is 2.24. The highest BCUT2D eigenvalue weighted by molar-refractivity contribution is 9.10. The SMILES string of the molecule is CCn1cc(Br)cc1C(=O)N(C)C(C)c1ccc(O)cc1. The first kappa shape index (κ1) is 15.6. The minimum absolute atomic E-state index is 0.0249. The number of aryl methyl sites for hydroxylation is 1. The molecule has 1 atom stereocenters. The number of carbonyl (C=O) groups is 1. The number of nitrogens with zero attached hydrogens (tertiary/aromatic N) is 2. The van der Waals surface area contributed by atoms with E-state index in [4.69, 9.17) is 0 Å². The molecular formula is C16H19BrN2O2. The number of halogens is 1. The van der Waals surface area contributed by atoms with E-state index in [9.17, 15) is 9.90 Å². The van der Waals surface area contributed by atoms with Gasteiger partial charge in [-0.15, -0.1) is 0 Å². The van der Waals surface area contributed by atoms with Gasteiger partial charge in [-0.2, -0.15) is 0 Å². The number of aromatic hydroxyl groups is 1. The normalized spacial score (nSPS) is 12.2. The van der Waals surface area contributed by atoms with Gasteiger partial charge in [0.15, 0.2) is 0 Å². The standard InChI is InChI=1S/C16H19BrN2O2/c1-4-19-10-13(17)9-15(19)16(21)18(3)11(2)12-5-7-14(20)8-6-12/h5-11,20H,4H2,1-3H3. The fourth-order valence-electron chi connectivity index (χ4n) is 2.25. The Kier molecular flexibility index (Phi) is 4.73. The number of carbonyl (C=O) groups excluding carboxylic acids is 1. The van der Waals surface area contributed by atoms with Gasteiger partial charge in [-0.1, -0.05) is 12.1 Å². The van der Waals surface area contributed by atoms with Crippen LogP contribution in [0.4, 0.5) is 0 Å². The van der Waals surface area contributed by atoms with Gasteiger partial charge >= 0.3 is 0 Å². The Morgan fingerprint density at radius 1 is 1.38 bits per heavy atom. The Hall–Kier alpha value is -1.75. The maximum atomic E-state index is 12.7. The van der Waals surface area contributed by atoms with E-state index >= 15 is 0 Å². The topological polar surface area (TPSA) is 45.5 Å². The van der Waals surface area contributed by atoms with Gasteiger partial charge in [-0.3, -0.25) is 4.79 Å². The summed E-state index contributed by atoms with van der Waals surface area (Å²) in [5.41, 5.74) is 1.65. The molecule has 0 aliphatic rings. The smallest absolute Gasteiger partial charge is 0.270 e. The first-order valence-corrected chi connectivity index (χ1v) is 7.65. The zero-order chi connectivity index (χ0) is 15.6. The van der Waals surface area contributed by atoms with Crippen LogP contribution in [0.3, 0.4) is 0 Å². The number of hydrogen-bond acceptors (Lipinski definition) is 2. The van der Waals surface area contributed by atoms with E-state index in [-0.39, 0.29) is 17.7 Å². The Morgan fingerprint density at radius 2 is 2.00 bits per heavy atom. The van der Waals surface area contributed by atoms with E-state index < -0.39 is 0 Å². The number of benzene rings is 1. The minimum atomic E-state index is -0.0721. The lowest BCUT2D eigenvalue weighted by Crippen LogP contribution is -2.31. The van der Waals surface area contributed by atoms with Gasteiger partial charge in [-0.05, 0) is 53.5 Å². The maximum Gasteiger partial charge on any atom is 0.270 e. The second kappa shape index (κ2) is 6.35. The molecule has 0 saturated carbocycles. The van der Waals surface area contributed by atoms with E-state index in [0.29, 0.717) is 5.69 Å². The van der Waals surface area contributed by atoms with Gasteiger partial charge in [0, 0.05) is 24.3 Å². The van der Waals surface area contributed by atoms with E-state index in [1.807, 2.05) is 42.8 Å². The number of phenolic OH excluding ortho intramolecular Hbond substituents is 1. The second-order valence-electron chi connectivity index (χ2n) is 5.01. The summed E-state index contributed by atoms with van der Waals surface area (Å²) in [5.74, 6) is 0.201. The predicted molar refractivity (Wildman–Crippen MR) is 86.4 cm³/mol. The average Bonchev–Trinajstić information content (AvgIpc) is 2.86. The van der Waals surface area contributed by atoms with Crippen LogP contribution in [0.25, 0.3) is 0 Å². The van der Waals surface area contributed by atoms with Crippen LogP contribution < -0.4 is 0 Å². The molecule has 0 saturated heterocycles. The molecule has 1 amide bonds. The van der Waals surface area contributed by atoms with Crippen molar-refractivity contribution in [3.8, 4) is 5.75 Å². The molecule has 1 aromatic carbocycles. The lowest BCUT2D eigenvalue weighted by Gasteiger charge is -2.25. The molecule has 5 heteroatoms. The van der Waals surface area contributed by atoms with Gasteiger partial charge < -0.3 is 14.6 Å². The average molecular weight is 351 g/mol. The third-order valence-electron chi connectivity index (χ3n) is 3.70. The molecule has 21 heavy (non-hydrogen) atoms. The largest absolute Gasteiger partial charge is 0.508 e. The summed E-state index contributed by atoms with van der Waals surface area (Å²) in [7, 11) is 1.79. The lowest BCUT2D eigenvalue weighted by molar-refractivity contribution is 0.0732. The summed E-state index contributed by atoms with van der Waals surface area (Å²) in [6.07, 6.45) is 1.91. The van der Waals surface area contributed by atoms with Crippen molar-refractivity contribution >= 4 is 21.8 Å². The van der Waals surface area contributed by atoms with Crippen LogP contribution in [-0.2, 0) is 6.54 Å². The monoisotopic (exact) mass is 350 g/mol. The van der Waals surface area contributed by atoms with Gasteiger partial charge in [-0.25, -0.2) is 0 Å². The summed E-state index contributed by atoms with van der Waals surface area (Å²) in [6, 6.07) is 8.70. The number of hydrogen-bond donors (Lipinski definition) is 1. The fraction of sp³-hybridized carbons (Fsp3) is 0.312. The molecule has 2 rings (SSSR count). The zero-order valence-electron chi connectivity index (χ0n) is 12.4. The molecule has 0 bridgehead atoms. The van der Waals surface area contributed by atoms with Gasteiger partial charge in [0.05, 0.1) is 6.04 Å². The van der Waals surface area contributed by atoms with Gasteiger partial charge in [0.2, 0.25) is 0 Å². The molecule has 0 aliphatic carbocycles. The van der Waals surface area contributed by atoms with Gasteiger partial charge in [0.1, 0.15) is 11.4 Å². The Bertz CT molecular complexity index is 634. The Labute approximate surface area is 133 Å². The first-order valence-electron chi connectivity index (χ1n) is 6.85. The van der Waals surface area contributed by atoms with E-state index in [0.717, 1.165) is 16.6 Å². The van der Waals surface area contributed by atoms with Crippen LogP contribution in [0.2, 0.25) is 0 Å². The molecule has 0 aliphatic heterocycles. The highest BCUT2D eigenvalue weighted by atomic mass is 79.9. The van der Waals surface area contributed by atoms with Crippen molar-refractivity contribution in [3.63, 3.8) is 0 Å². The van der Waals surface area contributed by atoms with Crippen molar-refractivity contribution in [1.29, 1.82) is 0 Å². The fourth-order valence-corrected chi connectivity index (χ4v) is 2.71. The number of aromatic nitrogens is 1. The molecule has 1 N–H and O–H groups in total. The first-order chi connectivity index (χ1) is 9.93. The van der Waals surface area contributed by atoms with Crippen LogP contribution in [0.1, 0.15) is 35.9 Å². The van der Waals surface area contributed by atoms with E-state index in [1.54, 1.807) is 24.1 Å². The third kappa shape index (κ3) is 3.29. The van der Waals surface area contributed by atoms with Crippen molar-refractivity contribution < 1.29 is 9.90 Å². The summed E-state index contributed by atoms with van der Waals surface area (Å²) < 4.78 is 2.82. The molecule has 0 spiro atoms. The zero-order valence-corrected chi connectivity index (χ0v) is 14.0. The molecule has 0 fully saturated rings. The van der Waals surface area contributed by atoms with E-state index in [2.05, 4.69) is 15.9 Å². The Balaban J connectivity index is 2.23. The highest BCUT2D eigenvalue weighted by Gasteiger charge is 2.21. The molecule has 1 heterocycles. The summed E-state index contributed by atoms with van der Waals surface area (Å²) in [5, 5.41) is 9.35. The molecule has 112 valence electrons. The van der Waals surface area contributed by atoms with Crippen molar-refractivity contribution in [2.24, 2.45) is 0 Å². The van der Waals surface area contributed by atoms with Crippen molar-refractivity contribution in [3.05, 3.63) is 52.3 Å². The quantitative estimate of drug-likeness (QED) is 0.911. The second-order valence-corrected chi connectivity index (χ2v) is 5.93. The van der Waals surface area contributed by atoms with Crippen LogP contribution in [0.5, 0.6) is 5.75 Å². The molecule has 4 nitrogen and oxygen atoms in total. The van der Waals surface area contributed by atoms with Crippen molar-refractivity contribution in [2.45, 2.75) is 26.4 Å². The summed E-state index contributed by atoms with van der Waals surface area (Å²) >= 11 is 3.41. The maximum absolute atomic E-state index is 12.7. The Morgan fingerprint density at radius 3 is 2.57 bits per heavy atom. The van der Waals surface area contributed by atoms with Crippen LogP contribution in [0.15, 0.2) is 41.0 Å². The third-order valence-corrected chi connectivity index (χ3v) is 4.13. The number of rotatable bonds is 4. The molecule has 2 aromatic rings. The predicted octanol–water partition coefficient (Wildman–Crippen LogP) is 3.81. The van der Waals surface area contributed by atoms with Crippen LogP contribution >= 0.6 is 15.9 Å². The van der Waals surface area contributed by atoms with Crippen LogP contribution in [0, 0.1) is 0 Å². The van der Waals surface area contributed by atoms with Crippen LogP contribution in [-0.4, -0.2) is 27.5 Å². The molecule has 0 radical (unpaired) electrons. The molecule has 1 aromatic heterocycles. The van der Waals surface area contributed by atoms with Gasteiger partial charge in [0.25, 0.3) is 5.91 Å². The summed E-state index contributed by atoms with van der Waals surface area (Å²) in [6.45, 7) is 4.72. The van der Waals surface area contributed by atoms with Crippen molar-refractivity contribution in [1.82, 2.24) is 9.47 Å². The molecular weight excluding hydrogens is 332 g/mol. The minimum Gasteiger partial charge on any atom is -0.508 e. The lowest BCUT2D eigenvalue weighted by atomic mass is 10.1. The van der Waals surface area contributed by atoms with E-state index in [1.165, 1.54) is 0 Å². The number of amides is 1. The number of phenols is 1. The molecule has 1 unspecified atom stereocenters. The summed E-state index contributed by atoms with van der Waals surface area (Å²) in [4.78, 5) is 14.4. The van der Waals surface area contributed by atoms with Crippen molar-refractivity contribution in [2.75, 3.05) is 7.05 Å².